The van der Waals surface area contributed by atoms with Gasteiger partial charge in [-0.15, -0.1) is 0 Å². The van der Waals surface area contributed by atoms with Gasteiger partial charge in [-0.2, -0.15) is 0 Å². The molecule has 0 unspecified atom stereocenters. The van der Waals surface area contributed by atoms with Crippen molar-refractivity contribution >= 4 is 11.9 Å². The average Bonchev–Trinajstić information content (AvgIpc) is 2.89. The number of amides is 1. The van der Waals surface area contributed by atoms with Gasteiger partial charge in [0.1, 0.15) is 0 Å². The largest absolute Gasteiger partial charge is 0.478 e. The molecule has 0 atom stereocenters. The Morgan fingerprint density at radius 2 is 1.81 bits per heavy atom. The van der Waals surface area contributed by atoms with Gasteiger partial charge in [0, 0.05) is 19.5 Å². The number of aromatic carboxylic acids is 1. The van der Waals surface area contributed by atoms with E-state index in [4.69, 9.17) is 10.8 Å². The van der Waals surface area contributed by atoms with Crippen LogP contribution in [0.5, 0.6) is 0 Å². The van der Waals surface area contributed by atoms with E-state index in [1.54, 1.807) is 17.0 Å². The van der Waals surface area contributed by atoms with Crippen LogP contribution < -0.4 is 5.73 Å². The van der Waals surface area contributed by atoms with Gasteiger partial charge in [-0.1, -0.05) is 18.9 Å². The number of benzene rings is 1. The van der Waals surface area contributed by atoms with Crippen LogP contribution in [0.4, 0.5) is 0 Å². The number of carboxylic acids is 1. The van der Waals surface area contributed by atoms with Crippen LogP contribution in [-0.4, -0.2) is 28.4 Å². The minimum Gasteiger partial charge on any atom is -0.478 e. The standard InChI is InChI=1S/C16H22N2O3/c17-8-4-2-1-3-5-15(19)18-10-13-7-6-12(16(20)21)9-14(13)11-18/h6-7,9H,1-5,8,10-11,17H2,(H,20,21). The van der Waals surface area contributed by atoms with E-state index in [9.17, 15) is 9.59 Å². The molecule has 2 rings (SSSR count). The van der Waals surface area contributed by atoms with E-state index in [1.165, 1.54) is 0 Å². The molecule has 0 aliphatic carbocycles. The van der Waals surface area contributed by atoms with Crippen LogP contribution in [-0.2, 0) is 17.9 Å². The lowest BCUT2D eigenvalue weighted by molar-refractivity contribution is -0.131. The van der Waals surface area contributed by atoms with Crippen molar-refractivity contribution < 1.29 is 14.7 Å². The van der Waals surface area contributed by atoms with Gasteiger partial charge in [0.05, 0.1) is 5.56 Å². The number of hydrogen-bond acceptors (Lipinski definition) is 3. The molecule has 0 saturated carbocycles. The predicted molar refractivity (Wildman–Crippen MR) is 79.8 cm³/mol. The Morgan fingerprint density at radius 1 is 1.10 bits per heavy atom. The highest BCUT2D eigenvalue weighted by molar-refractivity contribution is 5.88. The van der Waals surface area contributed by atoms with Gasteiger partial charge in [0.2, 0.25) is 5.91 Å². The van der Waals surface area contributed by atoms with Crippen LogP contribution in [0.2, 0.25) is 0 Å². The van der Waals surface area contributed by atoms with Gasteiger partial charge in [-0.3, -0.25) is 4.79 Å². The number of fused-ring (bicyclic) bond motifs is 1. The van der Waals surface area contributed by atoms with E-state index >= 15 is 0 Å². The molecule has 1 aromatic rings. The maximum atomic E-state index is 12.2. The van der Waals surface area contributed by atoms with E-state index in [-0.39, 0.29) is 11.5 Å². The van der Waals surface area contributed by atoms with Crippen LogP contribution in [0.25, 0.3) is 0 Å². The second-order valence-corrected chi connectivity index (χ2v) is 5.49. The number of carboxylic acid groups (broad SMARTS) is 1. The number of rotatable bonds is 7. The van der Waals surface area contributed by atoms with Crippen molar-refractivity contribution in [2.24, 2.45) is 5.73 Å². The molecule has 5 nitrogen and oxygen atoms in total. The summed E-state index contributed by atoms with van der Waals surface area (Å²) >= 11 is 0. The summed E-state index contributed by atoms with van der Waals surface area (Å²) in [6.45, 7) is 1.83. The molecule has 0 saturated heterocycles. The van der Waals surface area contributed by atoms with Crippen LogP contribution in [0.3, 0.4) is 0 Å². The Bertz CT molecular complexity index is 528. The summed E-state index contributed by atoms with van der Waals surface area (Å²) < 4.78 is 0. The van der Waals surface area contributed by atoms with Gasteiger partial charge in [0.25, 0.3) is 0 Å². The number of nitrogens with two attached hydrogens (primary N) is 1. The lowest BCUT2D eigenvalue weighted by atomic mass is 10.1. The second kappa shape index (κ2) is 7.22. The summed E-state index contributed by atoms with van der Waals surface area (Å²) in [6, 6.07) is 5.08. The normalized spacial score (nSPS) is 13.3. The summed E-state index contributed by atoms with van der Waals surface area (Å²) in [5, 5.41) is 8.99. The molecular weight excluding hydrogens is 268 g/mol. The molecule has 21 heavy (non-hydrogen) atoms. The summed E-state index contributed by atoms with van der Waals surface area (Å²) in [6.07, 6.45) is 4.58. The smallest absolute Gasteiger partial charge is 0.335 e. The molecule has 1 aliphatic rings. The number of carbonyl (C=O) groups excluding carboxylic acids is 1. The van der Waals surface area contributed by atoms with E-state index in [0.29, 0.717) is 26.1 Å². The third-order valence-corrected chi connectivity index (χ3v) is 3.87. The maximum absolute atomic E-state index is 12.2. The van der Waals surface area contributed by atoms with Crippen molar-refractivity contribution in [3.8, 4) is 0 Å². The zero-order valence-electron chi connectivity index (χ0n) is 12.2. The topological polar surface area (TPSA) is 83.6 Å². The highest BCUT2D eigenvalue weighted by Gasteiger charge is 2.23. The van der Waals surface area contributed by atoms with Crippen molar-refractivity contribution in [1.29, 1.82) is 0 Å². The van der Waals surface area contributed by atoms with Gasteiger partial charge >= 0.3 is 5.97 Å². The lowest BCUT2D eigenvalue weighted by Gasteiger charge is -2.15. The van der Waals surface area contributed by atoms with Crippen molar-refractivity contribution in [3.63, 3.8) is 0 Å². The molecule has 3 N–H and O–H groups in total. The summed E-state index contributed by atoms with van der Waals surface area (Å²) in [5.41, 5.74) is 7.72. The predicted octanol–water partition coefficient (Wildman–Crippen LogP) is 2.14. The van der Waals surface area contributed by atoms with E-state index in [1.807, 2.05) is 6.07 Å². The van der Waals surface area contributed by atoms with Crippen molar-refractivity contribution in [1.82, 2.24) is 4.90 Å². The molecule has 1 aliphatic heterocycles. The molecule has 1 heterocycles. The van der Waals surface area contributed by atoms with Crippen LogP contribution in [0.15, 0.2) is 18.2 Å². The quantitative estimate of drug-likeness (QED) is 0.754. The van der Waals surface area contributed by atoms with Crippen molar-refractivity contribution in [2.75, 3.05) is 6.54 Å². The average molecular weight is 290 g/mol. The zero-order chi connectivity index (χ0) is 15.2. The van der Waals surface area contributed by atoms with Crippen LogP contribution in [0, 0.1) is 0 Å². The minimum absolute atomic E-state index is 0.149. The van der Waals surface area contributed by atoms with Gasteiger partial charge in [0.15, 0.2) is 0 Å². The van der Waals surface area contributed by atoms with Crippen molar-refractivity contribution in [2.45, 2.75) is 45.2 Å². The molecule has 1 amide bonds. The first-order valence-electron chi connectivity index (χ1n) is 7.44. The number of nitrogens with zero attached hydrogens (tertiary/aromatic N) is 1. The first-order chi connectivity index (χ1) is 10.1. The van der Waals surface area contributed by atoms with E-state index in [0.717, 1.165) is 36.8 Å². The fourth-order valence-electron chi connectivity index (χ4n) is 2.64. The molecule has 5 heteroatoms. The molecule has 0 bridgehead atoms. The highest BCUT2D eigenvalue weighted by atomic mass is 16.4. The third kappa shape index (κ3) is 4.04. The Hall–Kier alpha value is -1.88. The summed E-state index contributed by atoms with van der Waals surface area (Å²) in [5.74, 6) is -0.779. The molecule has 0 fully saturated rings. The Kier molecular flexibility index (Phi) is 5.33. The van der Waals surface area contributed by atoms with Gasteiger partial charge in [-0.25, -0.2) is 4.79 Å². The van der Waals surface area contributed by atoms with Crippen LogP contribution >= 0.6 is 0 Å². The SMILES string of the molecule is NCCCCCCC(=O)N1Cc2ccc(C(=O)O)cc2C1. The summed E-state index contributed by atoms with van der Waals surface area (Å²) in [7, 11) is 0. The lowest BCUT2D eigenvalue weighted by Crippen LogP contribution is -2.24. The number of carbonyl (C=O) groups is 2. The maximum Gasteiger partial charge on any atom is 0.335 e. The van der Waals surface area contributed by atoms with Crippen molar-refractivity contribution in [3.05, 3.63) is 34.9 Å². The Morgan fingerprint density at radius 3 is 2.52 bits per heavy atom. The van der Waals surface area contributed by atoms with Gasteiger partial charge in [-0.05, 0) is 42.6 Å². The molecule has 0 radical (unpaired) electrons. The Labute approximate surface area is 124 Å². The monoisotopic (exact) mass is 290 g/mol. The highest BCUT2D eigenvalue weighted by Crippen LogP contribution is 2.25. The Balaban J connectivity index is 1.84. The van der Waals surface area contributed by atoms with E-state index < -0.39 is 5.97 Å². The third-order valence-electron chi connectivity index (χ3n) is 3.87. The van der Waals surface area contributed by atoms with Gasteiger partial charge < -0.3 is 15.7 Å². The zero-order valence-corrected chi connectivity index (χ0v) is 12.2. The van der Waals surface area contributed by atoms with E-state index in [2.05, 4.69) is 0 Å². The number of hydrogen-bond donors (Lipinski definition) is 2. The first-order valence-corrected chi connectivity index (χ1v) is 7.44. The minimum atomic E-state index is -0.928. The molecule has 114 valence electrons. The molecule has 0 spiro atoms. The molecule has 0 aromatic heterocycles. The molecular formula is C16H22N2O3. The number of unbranched alkanes of at least 4 members (excludes halogenated alkanes) is 3. The fraction of sp³-hybridized carbons (Fsp3) is 0.500. The second-order valence-electron chi connectivity index (χ2n) is 5.49. The molecule has 1 aromatic carbocycles. The first kappa shape index (κ1) is 15.5. The fourth-order valence-corrected chi connectivity index (χ4v) is 2.64. The van der Waals surface area contributed by atoms with Crippen LogP contribution in [0.1, 0.15) is 53.6 Å². The summed E-state index contributed by atoms with van der Waals surface area (Å²) in [4.78, 5) is 24.9.